The lowest BCUT2D eigenvalue weighted by atomic mass is 9.65. The Kier molecular flexibility index (Phi) is 4.89. The van der Waals surface area contributed by atoms with Crippen LogP contribution < -0.4 is 15.4 Å². The Bertz CT molecular complexity index is 771. The van der Waals surface area contributed by atoms with Crippen LogP contribution in [0.4, 0.5) is 0 Å². The number of piperidine rings is 1. The van der Waals surface area contributed by atoms with E-state index >= 15 is 0 Å². The number of hydrogen-bond acceptors (Lipinski definition) is 4. The van der Waals surface area contributed by atoms with Crippen LogP contribution in [-0.4, -0.2) is 29.9 Å². The van der Waals surface area contributed by atoms with E-state index in [1.807, 2.05) is 19.1 Å². The predicted molar refractivity (Wildman–Crippen MR) is 99.3 cm³/mol. The van der Waals surface area contributed by atoms with Crippen molar-refractivity contribution in [2.24, 2.45) is 11.8 Å². The van der Waals surface area contributed by atoms with Gasteiger partial charge in [-0.05, 0) is 50.2 Å². The predicted octanol–water partition coefficient (Wildman–Crippen LogP) is 2.49. The molecular weight excluding hydrogens is 344 g/mol. The van der Waals surface area contributed by atoms with Crippen LogP contribution in [0.15, 0.2) is 18.2 Å². The maximum Gasteiger partial charge on any atom is 0.252 e. The van der Waals surface area contributed by atoms with E-state index in [0.29, 0.717) is 17.9 Å². The average Bonchev–Trinajstić information content (AvgIpc) is 2.58. The fourth-order valence-corrected chi connectivity index (χ4v) is 4.27. The van der Waals surface area contributed by atoms with Gasteiger partial charge in [-0.15, -0.1) is 0 Å². The van der Waals surface area contributed by atoms with Crippen molar-refractivity contribution < 1.29 is 19.1 Å². The maximum absolute atomic E-state index is 12.7. The molecule has 1 heterocycles. The Morgan fingerprint density at radius 1 is 1.15 bits per heavy atom. The van der Waals surface area contributed by atoms with Crippen LogP contribution in [-0.2, 0) is 9.59 Å². The third-order valence-electron chi connectivity index (χ3n) is 6.37. The highest BCUT2D eigenvalue weighted by Crippen LogP contribution is 2.45. The lowest BCUT2D eigenvalue weighted by Crippen LogP contribution is -2.52. The molecule has 0 radical (unpaired) electrons. The molecular formula is C21H26N2O4. The third kappa shape index (κ3) is 3.57. The highest BCUT2D eigenvalue weighted by Gasteiger charge is 2.41. The lowest BCUT2D eigenvalue weighted by Gasteiger charge is -2.45. The molecule has 0 bridgehead atoms. The molecule has 1 aromatic rings. The van der Waals surface area contributed by atoms with Crippen molar-refractivity contribution in [3.8, 4) is 5.75 Å². The van der Waals surface area contributed by atoms with Crippen LogP contribution in [0.5, 0.6) is 5.75 Å². The smallest absolute Gasteiger partial charge is 0.252 e. The number of hydrogen-bond donors (Lipinski definition) is 2. The van der Waals surface area contributed by atoms with Crippen molar-refractivity contribution >= 4 is 17.7 Å². The largest absolute Gasteiger partial charge is 0.490 e. The molecule has 3 amide bonds. The summed E-state index contributed by atoms with van der Waals surface area (Å²) in [5, 5.41) is 5.00. The minimum absolute atomic E-state index is 0.239. The maximum atomic E-state index is 12.7. The number of rotatable bonds is 5. The molecule has 0 spiro atoms. The molecule has 1 aliphatic heterocycles. The fraction of sp³-hybridized carbons (Fsp3) is 0.571. The first kappa shape index (κ1) is 18.0. The summed E-state index contributed by atoms with van der Waals surface area (Å²) in [6.07, 6.45) is 7.11. The van der Waals surface area contributed by atoms with E-state index in [-0.39, 0.29) is 24.3 Å². The van der Waals surface area contributed by atoms with Gasteiger partial charge in [0, 0.05) is 17.5 Å². The molecule has 3 fully saturated rings. The van der Waals surface area contributed by atoms with E-state index in [1.54, 1.807) is 6.07 Å². The summed E-state index contributed by atoms with van der Waals surface area (Å²) < 4.78 is 6.26. The van der Waals surface area contributed by atoms with Gasteiger partial charge < -0.3 is 10.1 Å². The summed E-state index contributed by atoms with van der Waals surface area (Å²) in [5.74, 6) is 1.17. The summed E-state index contributed by atoms with van der Waals surface area (Å²) in [6.45, 7) is 1.88. The molecule has 3 atom stereocenters. The Hall–Kier alpha value is -2.37. The summed E-state index contributed by atoms with van der Waals surface area (Å²) in [5.41, 5.74) is 1.30. The summed E-state index contributed by atoms with van der Waals surface area (Å²) in [7, 11) is 0. The highest BCUT2D eigenvalue weighted by molar-refractivity contribution is 6.04. The van der Waals surface area contributed by atoms with E-state index < -0.39 is 11.9 Å². The minimum Gasteiger partial charge on any atom is -0.490 e. The van der Waals surface area contributed by atoms with Gasteiger partial charge in [0.25, 0.3) is 5.91 Å². The van der Waals surface area contributed by atoms with Crippen molar-refractivity contribution in [2.45, 2.75) is 64.0 Å². The van der Waals surface area contributed by atoms with E-state index in [1.165, 1.54) is 25.7 Å². The second kappa shape index (κ2) is 7.33. The number of nitrogens with one attached hydrogen (secondary N) is 2. The number of amides is 3. The highest BCUT2D eigenvalue weighted by atomic mass is 16.5. The van der Waals surface area contributed by atoms with Crippen molar-refractivity contribution in [1.29, 1.82) is 0 Å². The Balaban J connectivity index is 1.42. The van der Waals surface area contributed by atoms with Crippen LogP contribution in [0.25, 0.3) is 0 Å². The molecule has 4 rings (SSSR count). The molecule has 2 saturated carbocycles. The Morgan fingerprint density at radius 3 is 2.59 bits per heavy atom. The number of carbonyl (C=O) groups excluding carboxylic acids is 3. The molecule has 1 saturated heterocycles. The Labute approximate surface area is 159 Å². The van der Waals surface area contributed by atoms with Crippen molar-refractivity contribution in [1.82, 2.24) is 10.6 Å². The first-order valence-electron chi connectivity index (χ1n) is 9.94. The van der Waals surface area contributed by atoms with Crippen LogP contribution >= 0.6 is 0 Å². The number of benzene rings is 1. The molecule has 0 aromatic heterocycles. The zero-order chi connectivity index (χ0) is 19.0. The molecule has 3 aliphatic rings. The van der Waals surface area contributed by atoms with Gasteiger partial charge in [-0.3, -0.25) is 19.7 Å². The monoisotopic (exact) mass is 370 g/mol. The minimum atomic E-state index is -0.672. The lowest BCUT2D eigenvalue weighted by molar-refractivity contribution is -0.134. The van der Waals surface area contributed by atoms with Gasteiger partial charge in [0.15, 0.2) is 0 Å². The number of carbonyl (C=O) groups is 3. The van der Waals surface area contributed by atoms with Gasteiger partial charge in [-0.25, -0.2) is 0 Å². The van der Waals surface area contributed by atoms with Gasteiger partial charge in [0.1, 0.15) is 17.9 Å². The normalized spacial score (nSPS) is 28.0. The van der Waals surface area contributed by atoms with Crippen molar-refractivity contribution in [3.05, 3.63) is 29.3 Å². The van der Waals surface area contributed by atoms with E-state index in [0.717, 1.165) is 23.7 Å². The van der Waals surface area contributed by atoms with E-state index in [2.05, 4.69) is 10.6 Å². The van der Waals surface area contributed by atoms with Crippen molar-refractivity contribution in [3.63, 3.8) is 0 Å². The standard InChI is InChI=1S/C21H26N2O4/c1-12-14(20(25)22-16-9-11-19(24)23-21(16)26)6-3-7-17(12)27-18-10-8-15(18)13-4-2-5-13/h3,6-7,13,15-16,18H,2,4-5,8-11H2,1H3,(H,22,25)(H,23,24,26). The quantitative estimate of drug-likeness (QED) is 0.780. The van der Waals surface area contributed by atoms with E-state index in [9.17, 15) is 14.4 Å². The summed E-state index contributed by atoms with van der Waals surface area (Å²) in [6, 6.07) is 4.80. The number of imide groups is 1. The molecule has 6 nitrogen and oxygen atoms in total. The Morgan fingerprint density at radius 2 is 1.96 bits per heavy atom. The van der Waals surface area contributed by atoms with Crippen LogP contribution in [0.2, 0.25) is 0 Å². The second-order valence-electron chi connectivity index (χ2n) is 7.99. The zero-order valence-electron chi connectivity index (χ0n) is 15.6. The molecule has 3 unspecified atom stereocenters. The average molecular weight is 370 g/mol. The fourth-order valence-electron chi connectivity index (χ4n) is 4.27. The molecule has 1 aromatic carbocycles. The molecule has 2 N–H and O–H groups in total. The van der Waals surface area contributed by atoms with Crippen LogP contribution in [0, 0.1) is 18.8 Å². The first-order valence-corrected chi connectivity index (χ1v) is 9.94. The van der Waals surface area contributed by atoms with Gasteiger partial charge in [-0.2, -0.15) is 0 Å². The molecule has 6 heteroatoms. The van der Waals surface area contributed by atoms with Gasteiger partial charge in [0.2, 0.25) is 11.8 Å². The summed E-state index contributed by atoms with van der Waals surface area (Å²) >= 11 is 0. The first-order chi connectivity index (χ1) is 13.0. The zero-order valence-corrected chi connectivity index (χ0v) is 15.6. The molecule has 144 valence electrons. The van der Waals surface area contributed by atoms with Gasteiger partial charge in [-0.1, -0.05) is 25.3 Å². The second-order valence-corrected chi connectivity index (χ2v) is 7.99. The van der Waals surface area contributed by atoms with E-state index in [4.69, 9.17) is 4.74 Å². The SMILES string of the molecule is Cc1c(OC2CCC2C2CCC2)cccc1C(=O)NC1CCC(=O)NC1=O. The van der Waals surface area contributed by atoms with Gasteiger partial charge >= 0.3 is 0 Å². The third-order valence-corrected chi connectivity index (χ3v) is 6.37. The molecule has 2 aliphatic carbocycles. The summed E-state index contributed by atoms with van der Waals surface area (Å²) in [4.78, 5) is 35.8. The van der Waals surface area contributed by atoms with Crippen LogP contribution in [0.1, 0.15) is 60.9 Å². The van der Waals surface area contributed by atoms with Crippen molar-refractivity contribution in [2.75, 3.05) is 0 Å². The van der Waals surface area contributed by atoms with Gasteiger partial charge in [0.05, 0.1) is 0 Å². The van der Waals surface area contributed by atoms with Crippen LogP contribution in [0.3, 0.4) is 0 Å². The number of ether oxygens (including phenoxy) is 1. The topological polar surface area (TPSA) is 84.5 Å². The molecule has 27 heavy (non-hydrogen) atoms.